The van der Waals surface area contributed by atoms with E-state index in [1.807, 2.05) is 29.7 Å². The average Bonchev–Trinajstić information content (AvgIpc) is 3.18. The second kappa shape index (κ2) is 6.69. The number of ether oxygens (including phenoxy) is 1. The molecule has 0 atom stereocenters. The minimum atomic E-state index is -0.405. The van der Waals surface area contributed by atoms with Crippen molar-refractivity contribution in [2.75, 3.05) is 13.1 Å². The van der Waals surface area contributed by atoms with Crippen LogP contribution in [0, 0.1) is 0 Å². The molecule has 1 N–H and O–H groups in total. The lowest BCUT2D eigenvalue weighted by Gasteiger charge is -2.22. The van der Waals surface area contributed by atoms with Crippen LogP contribution in [0.1, 0.15) is 23.4 Å². The van der Waals surface area contributed by atoms with Crippen LogP contribution >= 0.6 is 11.3 Å². The maximum atomic E-state index is 12.0. The van der Waals surface area contributed by atoms with Gasteiger partial charge in [0.15, 0.2) is 0 Å². The summed E-state index contributed by atoms with van der Waals surface area (Å²) in [5.41, 5.74) is 0.741. The number of nitrogens with zero attached hydrogens (tertiary/aromatic N) is 2. The highest BCUT2D eigenvalue weighted by Crippen LogP contribution is 2.13. The molecule has 110 valence electrons. The van der Waals surface area contributed by atoms with E-state index in [1.165, 1.54) is 4.68 Å². The first kappa shape index (κ1) is 14.0. The van der Waals surface area contributed by atoms with E-state index in [0.717, 1.165) is 36.5 Å². The molecule has 0 bridgehead atoms. The number of nitrogens with one attached hydrogen (secondary N) is 1. The van der Waals surface area contributed by atoms with Gasteiger partial charge >= 0.3 is 6.09 Å². The van der Waals surface area contributed by atoms with Gasteiger partial charge in [0.05, 0.1) is 5.69 Å². The van der Waals surface area contributed by atoms with E-state index in [4.69, 9.17) is 4.74 Å². The van der Waals surface area contributed by atoms with E-state index in [0.29, 0.717) is 0 Å². The molecule has 1 aliphatic rings. The van der Waals surface area contributed by atoms with Gasteiger partial charge in [-0.25, -0.2) is 4.79 Å². The summed E-state index contributed by atoms with van der Waals surface area (Å²) in [7, 11) is 0. The van der Waals surface area contributed by atoms with E-state index in [1.54, 1.807) is 23.6 Å². The van der Waals surface area contributed by atoms with Crippen LogP contribution in [0.3, 0.4) is 0 Å². The highest BCUT2D eigenvalue weighted by Gasteiger charge is 2.18. The fraction of sp³-hybridized carbons (Fsp3) is 0.333. The Morgan fingerprint density at radius 2 is 2.24 bits per heavy atom. The molecule has 0 unspecified atom stereocenters. The predicted octanol–water partition coefficient (Wildman–Crippen LogP) is 2.85. The molecule has 0 aromatic carbocycles. The minimum Gasteiger partial charge on any atom is -0.444 e. The predicted molar refractivity (Wildman–Crippen MR) is 83.2 cm³/mol. The zero-order chi connectivity index (χ0) is 14.5. The SMILES string of the molecule is O=C(OC1CCNCC1)n1ccc(/C=C/c2cccs2)n1. The van der Waals surface area contributed by atoms with Crippen molar-refractivity contribution in [2.24, 2.45) is 0 Å². The Kier molecular flexibility index (Phi) is 4.47. The highest BCUT2D eigenvalue weighted by atomic mass is 32.1. The summed E-state index contributed by atoms with van der Waals surface area (Å²) in [4.78, 5) is 13.1. The van der Waals surface area contributed by atoms with Crippen molar-refractivity contribution in [2.45, 2.75) is 18.9 Å². The largest absolute Gasteiger partial charge is 0.444 e. The minimum absolute atomic E-state index is 0.00643. The Bertz CT molecular complexity index is 613. The lowest BCUT2D eigenvalue weighted by Crippen LogP contribution is -2.34. The molecule has 0 radical (unpaired) electrons. The Morgan fingerprint density at radius 1 is 1.38 bits per heavy atom. The Morgan fingerprint density at radius 3 is 3.00 bits per heavy atom. The molecule has 6 heteroatoms. The van der Waals surface area contributed by atoms with Gasteiger partial charge in [-0.05, 0) is 55.6 Å². The lowest BCUT2D eigenvalue weighted by molar-refractivity contribution is 0.0781. The molecular weight excluding hydrogens is 286 g/mol. The number of carbonyl (C=O) groups is 1. The van der Waals surface area contributed by atoms with Crippen molar-refractivity contribution in [1.29, 1.82) is 0 Å². The summed E-state index contributed by atoms with van der Waals surface area (Å²) in [6.07, 6.45) is 6.81. The number of rotatable bonds is 3. The zero-order valence-corrected chi connectivity index (χ0v) is 12.4. The molecule has 3 rings (SSSR count). The van der Waals surface area contributed by atoms with Crippen molar-refractivity contribution >= 4 is 29.6 Å². The summed E-state index contributed by atoms with van der Waals surface area (Å²) >= 11 is 1.66. The van der Waals surface area contributed by atoms with Crippen molar-refractivity contribution < 1.29 is 9.53 Å². The van der Waals surface area contributed by atoms with Crippen LogP contribution in [0.2, 0.25) is 0 Å². The van der Waals surface area contributed by atoms with Crippen LogP contribution in [0.15, 0.2) is 29.8 Å². The van der Waals surface area contributed by atoms with E-state index in [2.05, 4.69) is 10.4 Å². The zero-order valence-electron chi connectivity index (χ0n) is 11.6. The van der Waals surface area contributed by atoms with Crippen molar-refractivity contribution in [3.63, 3.8) is 0 Å². The van der Waals surface area contributed by atoms with Gasteiger partial charge in [0.1, 0.15) is 6.10 Å². The van der Waals surface area contributed by atoms with Crippen LogP contribution in [0.5, 0.6) is 0 Å². The Hall–Kier alpha value is -1.92. The van der Waals surface area contributed by atoms with Crippen LogP contribution < -0.4 is 5.32 Å². The summed E-state index contributed by atoms with van der Waals surface area (Å²) in [6, 6.07) is 5.83. The number of hydrogen-bond donors (Lipinski definition) is 1. The van der Waals surface area contributed by atoms with E-state index >= 15 is 0 Å². The third kappa shape index (κ3) is 3.80. The highest BCUT2D eigenvalue weighted by molar-refractivity contribution is 7.10. The molecular formula is C15H17N3O2S. The number of thiophene rings is 1. The molecule has 0 amide bonds. The molecule has 2 aromatic rings. The standard InChI is InChI=1S/C15H17N3O2S/c19-15(20-13-5-8-16-9-6-13)18-10-7-12(17-18)3-4-14-2-1-11-21-14/h1-4,7,10-11,13,16H,5-6,8-9H2/b4-3+. The molecule has 3 heterocycles. The molecule has 2 aromatic heterocycles. The van der Waals surface area contributed by atoms with Crippen molar-refractivity contribution in [3.05, 3.63) is 40.3 Å². The fourth-order valence-corrected chi connectivity index (χ4v) is 2.81. The van der Waals surface area contributed by atoms with Gasteiger partial charge in [0, 0.05) is 11.1 Å². The van der Waals surface area contributed by atoms with Crippen LogP contribution in [0.4, 0.5) is 4.79 Å². The molecule has 1 saturated heterocycles. The molecule has 0 saturated carbocycles. The maximum Gasteiger partial charge on any atom is 0.434 e. The molecule has 21 heavy (non-hydrogen) atoms. The fourth-order valence-electron chi connectivity index (χ4n) is 2.19. The van der Waals surface area contributed by atoms with E-state index in [-0.39, 0.29) is 6.10 Å². The summed E-state index contributed by atoms with van der Waals surface area (Å²) < 4.78 is 6.70. The molecule has 5 nitrogen and oxygen atoms in total. The smallest absolute Gasteiger partial charge is 0.434 e. The van der Waals surface area contributed by atoms with Crippen LogP contribution in [0.25, 0.3) is 12.2 Å². The normalized spacial score (nSPS) is 16.4. The first-order valence-corrected chi connectivity index (χ1v) is 7.88. The first-order chi connectivity index (χ1) is 10.3. The third-order valence-electron chi connectivity index (χ3n) is 3.31. The van der Waals surface area contributed by atoms with Gasteiger partial charge in [-0.1, -0.05) is 6.07 Å². The topological polar surface area (TPSA) is 56.1 Å². The number of hydrogen-bond acceptors (Lipinski definition) is 5. The Balaban J connectivity index is 1.60. The summed E-state index contributed by atoms with van der Waals surface area (Å²) in [5.74, 6) is 0. The molecule has 1 fully saturated rings. The van der Waals surface area contributed by atoms with Crippen LogP contribution in [-0.4, -0.2) is 35.1 Å². The van der Waals surface area contributed by atoms with E-state index < -0.39 is 6.09 Å². The lowest BCUT2D eigenvalue weighted by atomic mass is 10.1. The molecule has 1 aliphatic heterocycles. The number of aromatic nitrogens is 2. The van der Waals surface area contributed by atoms with Gasteiger partial charge in [0.25, 0.3) is 0 Å². The number of carbonyl (C=O) groups excluding carboxylic acids is 1. The third-order valence-corrected chi connectivity index (χ3v) is 4.15. The summed E-state index contributed by atoms with van der Waals surface area (Å²) in [6.45, 7) is 1.79. The van der Waals surface area contributed by atoms with Gasteiger partial charge < -0.3 is 10.1 Å². The van der Waals surface area contributed by atoms with Gasteiger partial charge in [-0.15, -0.1) is 11.3 Å². The van der Waals surface area contributed by atoms with Gasteiger partial charge in [-0.2, -0.15) is 9.78 Å². The molecule has 0 spiro atoms. The second-order valence-electron chi connectivity index (χ2n) is 4.87. The maximum absolute atomic E-state index is 12.0. The molecule has 0 aliphatic carbocycles. The second-order valence-corrected chi connectivity index (χ2v) is 5.85. The van der Waals surface area contributed by atoms with Crippen LogP contribution in [-0.2, 0) is 4.74 Å². The first-order valence-electron chi connectivity index (χ1n) is 7.00. The number of piperidine rings is 1. The van der Waals surface area contributed by atoms with Gasteiger partial charge in [0.2, 0.25) is 0 Å². The quantitative estimate of drug-likeness (QED) is 0.947. The summed E-state index contributed by atoms with van der Waals surface area (Å²) in [5, 5.41) is 9.48. The average molecular weight is 303 g/mol. The van der Waals surface area contributed by atoms with Crippen molar-refractivity contribution in [1.82, 2.24) is 15.1 Å². The Labute approximate surface area is 127 Å². The van der Waals surface area contributed by atoms with Crippen molar-refractivity contribution in [3.8, 4) is 0 Å². The van der Waals surface area contributed by atoms with Gasteiger partial charge in [-0.3, -0.25) is 0 Å². The van der Waals surface area contributed by atoms with E-state index in [9.17, 15) is 4.79 Å². The monoisotopic (exact) mass is 303 g/mol.